The molecule has 1 aromatic carbocycles. The maximum absolute atomic E-state index is 12.3. The molecule has 22 heavy (non-hydrogen) atoms. The van der Waals surface area contributed by atoms with E-state index in [9.17, 15) is 16.8 Å². The summed E-state index contributed by atoms with van der Waals surface area (Å²) in [6.45, 7) is 0.459. The largest absolute Gasteiger partial charge is 0.330 e. The highest BCUT2D eigenvalue weighted by molar-refractivity contribution is 7.90. The second kappa shape index (κ2) is 7.27. The van der Waals surface area contributed by atoms with E-state index in [-0.39, 0.29) is 34.2 Å². The molecule has 0 aliphatic heterocycles. The first-order chi connectivity index (χ1) is 9.74. The van der Waals surface area contributed by atoms with E-state index < -0.39 is 19.9 Å². The first-order valence-corrected chi connectivity index (χ1v) is 10.1. The van der Waals surface area contributed by atoms with Gasteiger partial charge >= 0.3 is 0 Å². The highest BCUT2D eigenvalue weighted by Gasteiger charge is 2.30. The lowest BCUT2D eigenvalue weighted by molar-refractivity contribution is 0.453. The van der Waals surface area contributed by atoms with Crippen LogP contribution in [0.5, 0.6) is 0 Å². The Kier molecular flexibility index (Phi) is 6.40. The summed E-state index contributed by atoms with van der Waals surface area (Å²) in [4.78, 5) is 0.166. The van der Waals surface area contributed by atoms with Gasteiger partial charge in [-0.2, -0.15) is 0 Å². The molecule has 1 saturated carbocycles. The maximum atomic E-state index is 12.3. The molecule has 0 bridgehead atoms. The Balaban J connectivity index is 0.00000242. The van der Waals surface area contributed by atoms with E-state index >= 15 is 0 Å². The second-order valence-corrected chi connectivity index (χ2v) is 9.13. The van der Waals surface area contributed by atoms with Crippen molar-refractivity contribution >= 4 is 32.3 Å². The third-order valence-electron chi connectivity index (χ3n) is 3.83. The topological polar surface area (TPSA) is 106 Å². The molecule has 1 aliphatic carbocycles. The lowest BCUT2D eigenvalue weighted by Crippen LogP contribution is -2.39. The summed E-state index contributed by atoms with van der Waals surface area (Å²) in [6.07, 6.45) is 3.75. The zero-order valence-electron chi connectivity index (χ0n) is 12.2. The van der Waals surface area contributed by atoms with Crippen molar-refractivity contribution in [2.24, 2.45) is 11.7 Å². The molecule has 2 atom stereocenters. The van der Waals surface area contributed by atoms with E-state index in [2.05, 4.69) is 4.72 Å². The van der Waals surface area contributed by atoms with Crippen LogP contribution in [0.25, 0.3) is 0 Å². The zero-order valence-corrected chi connectivity index (χ0v) is 14.7. The van der Waals surface area contributed by atoms with Crippen molar-refractivity contribution in [3.05, 3.63) is 24.3 Å². The molecule has 1 fully saturated rings. The molecule has 1 aliphatic rings. The normalized spacial score (nSPS) is 22.3. The highest BCUT2D eigenvalue weighted by Crippen LogP contribution is 2.26. The molecule has 2 rings (SSSR count). The van der Waals surface area contributed by atoms with Crippen LogP contribution in [-0.4, -0.2) is 35.7 Å². The Morgan fingerprint density at radius 3 is 2.14 bits per heavy atom. The van der Waals surface area contributed by atoms with Crippen molar-refractivity contribution in [2.45, 2.75) is 35.1 Å². The third-order valence-corrected chi connectivity index (χ3v) is 6.46. The molecule has 6 nitrogen and oxygen atoms in total. The van der Waals surface area contributed by atoms with E-state index in [4.69, 9.17) is 5.73 Å². The van der Waals surface area contributed by atoms with Crippen molar-refractivity contribution < 1.29 is 16.8 Å². The van der Waals surface area contributed by atoms with Gasteiger partial charge in [-0.05, 0) is 49.6 Å². The summed E-state index contributed by atoms with van der Waals surface area (Å²) in [6, 6.07) is 5.09. The average Bonchev–Trinajstić information content (AvgIpc) is 2.84. The van der Waals surface area contributed by atoms with Crippen LogP contribution in [-0.2, 0) is 19.9 Å². The van der Waals surface area contributed by atoms with Gasteiger partial charge in [-0.1, -0.05) is 6.42 Å². The van der Waals surface area contributed by atoms with Crippen molar-refractivity contribution in [3.63, 3.8) is 0 Å². The fourth-order valence-corrected chi connectivity index (χ4v) is 4.58. The maximum Gasteiger partial charge on any atom is 0.240 e. The number of nitrogens with one attached hydrogen (secondary N) is 1. The standard InChI is InChI=1S/C13H20N2O4S2.ClH/c1-20(16,17)11-5-7-12(8-6-11)21(18,19)15-13-4-2-3-10(13)9-14;/h5-8,10,13,15H,2-4,9,14H2,1H3;1H. The SMILES string of the molecule is CS(=O)(=O)c1ccc(S(=O)(=O)NC2CCCC2CN)cc1.Cl. The monoisotopic (exact) mass is 368 g/mol. The van der Waals surface area contributed by atoms with Crippen LogP contribution in [0.3, 0.4) is 0 Å². The molecule has 0 saturated heterocycles. The van der Waals surface area contributed by atoms with Gasteiger partial charge in [0, 0.05) is 12.3 Å². The van der Waals surface area contributed by atoms with Gasteiger partial charge in [0.2, 0.25) is 10.0 Å². The van der Waals surface area contributed by atoms with Gasteiger partial charge in [-0.25, -0.2) is 21.6 Å². The number of benzene rings is 1. The summed E-state index contributed by atoms with van der Waals surface area (Å²) >= 11 is 0. The van der Waals surface area contributed by atoms with Crippen LogP contribution in [0.15, 0.2) is 34.1 Å². The third kappa shape index (κ3) is 4.42. The van der Waals surface area contributed by atoms with Crippen LogP contribution in [0.4, 0.5) is 0 Å². The van der Waals surface area contributed by atoms with Crippen molar-refractivity contribution in [1.82, 2.24) is 4.72 Å². The number of hydrogen-bond acceptors (Lipinski definition) is 5. The van der Waals surface area contributed by atoms with Crippen LogP contribution in [0, 0.1) is 5.92 Å². The summed E-state index contributed by atoms with van der Waals surface area (Å²) in [5.74, 6) is 0.162. The predicted octanol–water partition coefficient (Wildman–Crippen LogP) is 0.918. The van der Waals surface area contributed by atoms with Gasteiger partial charge in [0.15, 0.2) is 9.84 Å². The average molecular weight is 369 g/mol. The van der Waals surface area contributed by atoms with Crippen molar-refractivity contribution in [3.8, 4) is 0 Å². The fourth-order valence-electron chi connectivity index (χ4n) is 2.61. The molecule has 126 valence electrons. The summed E-state index contributed by atoms with van der Waals surface area (Å²) in [5, 5.41) is 0. The number of sulfone groups is 1. The first-order valence-electron chi connectivity index (χ1n) is 6.76. The van der Waals surface area contributed by atoms with E-state index in [1.807, 2.05) is 0 Å². The summed E-state index contributed by atoms with van der Waals surface area (Å²) < 4.78 is 50.0. The van der Waals surface area contributed by atoms with Crippen molar-refractivity contribution in [1.29, 1.82) is 0 Å². The Hall–Kier alpha value is -0.670. The lowest BCUT2D eigenvalue weighted by Gasteiger charge is -2.19. The minimum atomic E-state index is -3.65. The van der Waals surface area contributed by atoms with Gasteiger partial charge in [0.1, 0.15) is 0 Å². The fraction of sp³-hybridized carbons (Fsp3) is 0.538. The summed E-state index contributed by atoms with van der Waals surface area (Å²) in [5.41, 5.74) is 5.65. The van der Waals surface area contributed by atoms with Gasteiger partial charge in [-0.3, -0.25) is 0 Å². The molecule has 2 unspecified atom stereocenters. The van der Waals surface area contributed by atoms with Gasteiger partial charge in [0.25, 0.3) is 0 Å². The van der Waals surface area contributed by atoms with Crippen LogP contribution >= 0.6 is 12.4 Å². The molecular formula is C13H21ClN2O4S2. The van der Waals surface area contributed by atoms with Crippen LogP contribution in [0.1, 0.15) is 19.3 Å². The Labute approximate surface area is 137 Å². The highest BCUT2D eigenvalue weighted by atomic mass is 35.5. The van der Waals surface area contributed by atoms with E-state index in [1.165, 1.54) is 24.3 Å². The molecule has 9 heteroatoms. The predicted molar refractivity (Wildman–Crippen MR) is 87.3 cm³/mol. The van der Waals surface area contributed by atoms with Gasteiger partial charge < -0.3 is 5.73 Å². The number of nitrogens with two attached hydrogens (primary N) is 1. The minimum absolute atomic E-state index is 0. The Bertz CT molecular complexity index is 702. The number of halogens is 1. The van der Waals surface area contributed by atoms with E-state index in [0.717, 1.165) is 25.5 Å². The quantitative estimate of drug-likeness (QED) is 0.803. The molecule has 3 N–H and O–H groups in total. The van der Waals surface area contributed by atoms with Crippen LogP contribution < -0.4 is 10.5 Å². The second-order valence-electron chi connectivity index (χ2n) is 5.40. The Morgan fingerprint density at radius 1 is 1.09 bits per heavy atom. The van der Waals surface area contributed by atoms with Gasteiger partial charge in [-0.15, -0.1) is 12.4 Å². The molecule has 0 radical (unpaired) electrons. The minimum Gasteiger partial charge on any atom is -0.330 e. The molecular weight excluding hydrogens is 348 g/mol. The lowest BCUT2D eigenvalue weighted by atomic mass is 10.1. The van der Waals surface area contributed by atoms with E-state index in [1.54, 1.807) is 0 Å². The molecule has 0 spiro atoms. The van der Waals surface area contributed by atoms with Crippen LogP contribution in [0.2, 0.25) is 0 Å². The molecule has 1 aromatic rings. The molecule has 0 aromatic heterocycles. The zero-order chi connectivity index (χ0) is 15.7. The van der Waals surface area contributed by atoms with Crippen molar-refractivity contribution in [2.75, 3.05) is 12.8 Å². The number of hydrogen-bond donors (Lipinski definition) is 2. The number of rotatable bonds is 5. The Morgan fingerprint density at radius 2 is 1.64 bits per heavy atom. The number of sulfonamides is 1. The smallest absolute Gasteiger partial charge is 0.240 e. The van der Waals surface area contributed by atoms with Gasteiger partial charge in [0.05, 0.1) is 9.79 Å². The first kappa shape index (κ1) is 19.4. The van der Waals surface area contributed by atoms with E-state index in [0.29, 0.717) is 6.54 Å². The molecule has 0 heterocycles. The summed E-state index contributed by atoms with van der Waals surface area (Å²) in [7, 11) is -6.98. The molecule has 0 amide bonds.